The maximum Gasteiger partial charge on any atom is 0.0471 e. The van der Waals surface area contributed by atoms with Gasteiger partial charge in [-0.2, -0.15) is 11.8 Å². The monoisotopic (exact) mass is 304 g/mol. The van der Waals surface area contributed by atoms with Gasteiger partial charge in [0.05, 0.1) is 0 Å². The summed E-state index contributed by atoms with van der Waals surface area (Å²) in [6, 6.07) is 6.46. The van der Waals surface area contributed by atoms with Crippen molar-refractivity contribution >= 4 is 35.0 Å². The van der Waals surface area contributed by atoms with Crippen molar-refractivity contribution in [3.63, 3.8) is 0 Å². The molecule has 0 amide bonds. The average Bonchev–Trinajstić information content (AvgIpc) is 2.81. The third kappa shape index (κ3) is 3.34. The van der Waals surface area contributed by atoms with Crippen LogP contribution in [-0.4, -0.2) is 36.0 Å². The first kappa shape index (κ1) is 14.5. The zero-order chi connectivity index (χ0) is 13.1. The Balaban J connectivity index is 2.20. The van der Waals surface area contributed by atoms with Gasteiger partial charge in [-0.05, 0) is 43.0 Å². The van der Waals surface area contributed by atoms with Crippen LogP contribution in [0.15, 0.2) is 18.2 Å². The van der Waals surface area contributed by atoms with E-state index < -0.39 is 0 Å². The Labute approximate surface area is 123 Å². The van der Waals surface area contributed by atoms with Gasteiger partial charge in [0.2, 0.25) is 0 Å². The number of benzene rings is 1. The summed E-state index contributed by atoms with van der Waals surface area (Å²) in [5.74, 6) is 2.42. The normalized spacial score (nSPS) is 21.5. The summed E-state index contributed by atoms with van der Waals surface area (Å²) in [5.41, 5.74) is 7.04. The van der Waals surface area contributed by atoms with E-state index in [1.165, 1.54) is 17.9 Å². The van der Waals surface area contributed by atoms with E-state index in [1.54, 1.807) is 6.07 Å². The molecular formula is C13H18Cl2N2S. The van der Waals surface area contributed by atoms with E-state index >= 15 is 0 Å². The van der Waals surface area contributed by atoms with Gasteiger partial charge >= 0.3 is 0 Å². The molecule has 2 atom stereocenters. The Bertz CT molecular complexity index is 388. The van der Waals surface area contributed by atoms with E-state index in [2.05, 4.69) is 11.9 Å². The second-order valence-electron chi connectivity index (χ2n) is 4.64. The molecule has 1 aromatic carbocycles. The highest BCUT2D eigenvalue weighted by Crippen LogP contribution is 2.30. The summed E-state index contributed by atoms with van der Waals surface area (Å²) < 4.78 is 0. The van der Waals surface area contributed by atoms with Crippen LogP contribution in [0.3, 0.4) is 0 Å². The van der Waals surface area contributed by atoms with Gasteiger partial charge in [-0.25, -0.2) is 0 Å². The zero-order valence-electron chi connectivity index (χ0n) is 10.4. The highest BCUT2D eigenvalue weighted by atomic mass is 35.5. The average molecular weight is 305 g/mol. The van der Waals surface area contributed by atoms with Crippen LogP contribution in [0.4, 0.5) is 0 Å². The molecule has 18 heavy (non-hydrogen) atoms. The van der Waals surface area contributed by atoms with Crippen LogP contribution in [0.2, 0.25) is 10.0 Å². The molecule has 0 saturated carbocycles. The molecule has 0 radical (unpaired) electrons. The van der Waals surface area contributed by atoms with Crippen LogP contribution < -0.4 is 5.73 Å². The molecule has 1 aliphatic heterocycles. The summed E-state index contributed by atoms with van der Waals surface area (Å²) >= 11 is 14.1. The van der Waals surface area contributed by atoms with Crippen molar-refractivity contribution in [1.82, 2.24) is 4.90 Å². The predicted molar refractivity (Wildman–Crippen MR) is 81.8 cm³/mol. The fraction of sp³-hybridized carbons (Fsp3) is 0.538. The molecule has 2 nitrogen and oxygen atoms in total. The number of nitrogens with zero attached hydrogens (tertiary/aromatic N) is 1. The largest absolute Gasteiger partial charge is 0.329 e. The zero-order valence-corrected chi connectivity index (χ0v) is 12.7. The van der Waals surface area contributed by atoms with Crippen LogP contribution in [0.25, 0.3) is 0 Å². The SMILES string of the molecule is CN(C1CCSC1)C(CN)c1cc(Cl)cc(Cl)c1. The fourth-order valence-electron chi connectivity index (χ4n) is 2.40. The topological polar surface area (TPSA) is 29.3 Å². The van der Waals surface area contributed by atoms with E-state index in [0.29, 0.717) is 22.6 Å². The highest BCUT2D eigenvalue weighted by Gasteiger charge is 2.26. The molecule has 2 rings (SSSR count). The lowest BCUT2D eigenvalue weighted by Crippen LogP contribution is -2.38. The standard InChI is InChI=1S/C13H18Cl2N2S/c1-17(12-2-3-18-8-12)13(7-16)9-4-10(14)6-11(15)5-9/h4-6,12-13H,2-3,7-8,16H2,1H3. The Morgan fingerprint density at radius 1 is 1.39 bits per heavy atom. The van der Waals surface area contributed by atoms with Gasteiger partial charge in [0.1, 0.15) is 0 Å². The fourth-order valence-corrected chi connectivity index (χ4v) is 4.23. The smallest absolute Gasteiger partial charge is 0.0471 e. The predicted octanol–water partition coefficient (Wildman–Crippen LogP) is 3.43. The van der Waals surface area contributed by atoms with E-state index in [4.69, 9.17) is 28.9 Å². The van der Waals surface area contributed by atoms with Crippen LogP contribution in [0.1, 0.15) is 18.0 Å². The number of hydrogen-bond donors (Lipinski definition) is 1. The third-order valence-electron chi connectivity index (χ3n) is 3.47. The number of nitrogens with two attached hydrogens (primary N) is 1. The molecule has 1 fully saturated rings. The quantitative estimate of drug-likeness (QED) is 0.924. The van der Waals surface area contributed by atoms with Gasteiger partial charge < -0.3 is 5.73 Å². The first-order valence-electron chi connectivity index (χ1n) is 6.07. The Hall–Kier alpha value is 0.0700. The van der Waals surface area contributed by atoms with E-state index in [0.717, 1.165) is 5.56 Å². The minimum Gasteiger partial charge on any atom is -0.329 e. The summed E-state index contributed by atoms with van der Waals surface area (Å²) in [6.07, 6.45) is 1.23. The van der Waals surface area contributed by atoms with Gasteiger partial charge in [-0.1, -0.05) is 23.2 Å². The summed E-state index contributed by atoms with van der Waals surface area (Å²) in [6.45, 7) is 0.578. The van der Waals surface area contributed by atoms with Crippen LogP contribution in [0.5, 0.6) is 0 Å². The van der Waals surface area contributed by atoms with Gasteiger partial charge in [0.15, 0.2) is 0 Å². The molecule has 2 unspecified atom stereocenters. The van der Waals surface area contributed by atoms with Gasteiger partial charge in [-0.15, -0.1) is 0 Å². The number of likely N-dealkylation sites (N-methyl/N-ethyl adjacent to an activating group) is 1. The molecule has 100 valence electrons. The Morgan fingerprint density at radius 3 is 2.56 bits per heavy atom. The van der Waals surface area contributed by atoms with Crippen molar-refractivity contribution in [1.29, 1.82) is 0 Å². The molecule has 0 aromatic heterocycles. The van der Waals surface area contributed by atoms with Crippen molar-refractivity contribution in [2.75, 3.05) is 25.1 Å². The highest BCUT2D eigenvalue weighted by molar-refractivity contribution is 7.99. The molecule has 2 N–H and O–H groups in total. The molecule has 1 saturated heterocycles. The van der Waals surface area contributed by atoms with Crippen molar-refractivity contribution in [2.24, 2.45) is 5.73 Å². The Morgan fingerprint density at radius 2 is 2.06 bits per heavy atom. The lowest BCUT2D eigenvalue weighted by Gasteiger charge is -2.32. The van der Waals surface area contributed by atoms with Crippen LogP contribution in [-0.2, 0) is 0 Å². The van der Waals surface area contributed by atoms with Gasteiger partial charge in [-0.3, -0.25) is 4.90 Å². The summed E-state index contributed by atoms with van der Waals surface area (Å²) in [4.78, 5) is 2.36. The molecule has 0 bridgehead atoms. The lowest BCUT2D eigenvalue weighted by atomic mass is 10.0. The molecule has 5 heteroatoms. The molecular weight excluding hydrogens is 287 g/mol. The molecule has 1 heterocycles. The maximum atomic E-state index is 6.07. The molecule has 0 aliphatic carbocycles. The lowest BCUT2D eigenvalue weighted by molar-refractivity contribution is 0.193. The van der Waals surface area contributed by atoms with Crippen LogP contribution in [0, 0.1) is 0 Å². The minimum absolute atomic E-state index is 0.185. The summed E-state index contributed by atoms with van der Waals surface area (Å²) in [7, 11) is 2.14. The third-order valence-corrected chi connectivity index (χ3v) is 5.05. The first-order chi connectivity index (χ1) is 8.61. The number of hydrogen-bond acceptors (Lipinski definition) is 3. The number of rotatable bonds is 4. The Kier molecular flexibility index (Phi) is 5.22. The van der Waals surface area contributed by atoms with Crippen molar-refractivity contribution in [3.8, 4) is 0 Å². The molecule has 1 aromatic rings. The first-order valence-corrected chi connectivity index (χ1v) is 7.98. The van der Waals surface area contributed by atoms with Crippen molar-refractivity contribution in [2.45, 2.75) is 18.5 Å². The number of halogens is 2. The van der Waals surface area contributed by atoms with E-state index in [9.17, 15) is 0 Å². The number of thioether (sulfide) groups is 1. The van der Waals surface area contributed by atoms with E-state index in [-0.39, 0.29) is 6.04 Å². The minimum atomic E-state index is 0.185. The van der Waals surface area contributed by atoms with Crippen molar-refractivity contribution < 1.29 is 0 Å². The van der Waals surface area contributed by atoms with Crippen LogP contribution >= 0.6 is 35.0 Å². The second kappa shape index (κ2) is 6.49. The van der Waals surface area contributed by atoms with Crippen molar-refractivity contribution in [3.05, 3.63) is 33.8 Å². The van der Waals surface area contributed by atoms with E-state index in [1.807, 2.05) is 23.9 Å². The van der Waals surface area contributed by atoms with Gasteiger partial charge in [0, 0.05) is 34.4 Å². The molecule has 0 spiro atoms. The summed E-state index contributed by atoms with van der Waals surface area (Å²) in [5, 5.41) is 1.34. The maximum absolute atomic E-state index is 6.07. The molecule has 1 aliphatic rings. The van der Waals surface area contributed by atoms with Gasteiger partial charge in [0.25, 0.3) is 0 Å². The second-order valence-corrected chi connectivity index (χ2v) is 6.66.